The second-order valence-corrected chi connectivity index (χ2v) is 7.07. The van der Waals surface area contributed by atoms with Gasteiger partial charge in [0.05, 0.1) is 23.7 Å². The van der Waals surface area contributed by atoms with Gasteiger partial charge in [0.2, 0.25) is 5.91 Å². The molecule has 29 heavy (non-hydrogen) atoms. The van der Waals surface area contributed by atoms with Crippen molar-refractivity contribution in [1.82, 2.24) is 10.2 Å². The molecule has 2 aromatic rings. The minimum Gasteiger partial charge on any atom is -0.465 e. The van der Waals surface area contributed by atoms with Crippen LogP contribution in [-0.2, 0) is 6.42 Å². The maximum absolute atomic E-state index is 12.6. The van der Waals surface area contributed by atoms with E-state index in [4.69, 9.17) is 5.73 Å². The molecule has 0 aromatic heterocycles. The zero-order valence-corrected chi connectivity index (χ0v) is 16.1. The van der Waals surface area contributed by atoms with Crippen molar-refractivity contribution < 1.29 is 24.3 Å². The molecular formula is C21H21N3O5. The van der Waals surface area contributed by atoms with Gasteiger partial charge in [0.1, 0.15) is 0 Å². The highest BCUT2D eigenvalue weighted by Crippen LogP contribution is 2.24. The Hall–Kier alpha value is -3.68. The first kappa shape index (κ1) is 20.1. The number of hydrogen-bond donors (Lipinski definition) is 3. The number of carbonyl (C=O) groups is 4. The molecule has 1 aliphatic heterocycles. The van der Waals surface area contributed by atoms with Crippen LogP contribution < -0.4 is 11.1 Å². The van der Waals surface area contributed by atoms with E-state index < -0.39 is 29.9 Å². The highest BCUT2D eigenvalue weighted by atomic mass is 16.4. The van der Waals surface area contributed by atoms with Crippen LogP contribution in [0.3, 0.4) is 0 Å². The van der Waals surface area contributed by atoms with Crippen molar-refractivity contribution in [3.8, 4) is 0 Å². The lowest BCUT2D eigenvalue weighted by Gasteiger charge is -2.24. The largest absolute Gasteiger partial charge is 0.465 e. The SMILES string of the molecule is Cc1cc(C(N)=O)cc(C)c1CC(CN1C(=O)c2ccccc2C1=O)NC(=O)O. The van der Waals surface area contributed by atoms with Crippen LogP contribution >= 0.6 is 0 Å². The second kappa shape index (κ2) is 7.75. The molecule has 0 fully saturated rings. The van der Waals surface area contributed by atoms with Crippen molar-refractivity contribution in [3.63, 3.8) is 0 Å². The van der Waals surface area contributed by atoms with Crippen LogP contribution in [0.25, 0.3) is 0 Å². The summed E-state index contributed by atoms with van der Waals surface area (Å²) in [4.78, 5) is 49.0. The van der Waals surface area contributed by atoms with E-state index in [1.807, 2.05) is 0 Å². The molecular weight excluding hydrogens is 374 g/mol. The molecule has 0 bridgehead atoms. The first-order valence-corrected chi connectivity index (χ1v) is 9.03. The van der Waals surface area contributed by atoms with Crippen molar-refractivity contribution in [2.45, 2.75) is 26.3 Å². The van der Waals surface area contributed by atoms with Crippen LogP contribution in [0.15, 0.2) is 36.4 Å². The van der Waals surface area contributed by atoms with E-state index >= 15 is 0 Å². The zero-order chi connectivity index (χ0) is 21.3. The average molecular weight is 395 g/mol. The van der Waals surface area contributed by atoms with E-state index in [9.17, 15) is 24.3 Å². The van der Waals surface area contributed by atoms with Crippen molar-refractivity contribution in [2.75, 3.05) is 6.54 Å². The zero-order valence-electron chi connectivity index (χ0n) is 16.1. The topological polar surface area (TPSA) is 130 Å². The maximum Gasteiger partial charge on any atom is 0.404 e. The molecule has 1 heterocycles. The first-order chi connectivity index (χ1) is 13.7. The standard InChI is InChI=1S/C21H21N3O5/c1-11-7-13(18(22)25)8-12(2)17(11)9-14(23-21(28)29)10-24-19(26)15-5-3-4-6-16(15)20(24)27/h3-8,14,23H,9-10H2,1-2H3,(H2,22,25)(H,28,29). The molecule has 0 saturated carbocycles. The summed E-state index contributed by atoms with van der Waals surface area (Å²) in [6, 6.07) is 9.07. The van der Waals surface area contributed by atoms with Crippen LogP contribution in [0, 0.1) is 13.8 Å². The van der Waals surface area contributed by atoms with Crippen LogP contribution in [0.5, 0.6) is 0 Å². The van der Waals surface area contributed by atoms with Crippen LogP contribution in [0.4, 0.5) is 4.79 Å². The molecule has 0 radical (unpaired) electrons. The molecule has 2 aromatic carbocycles. The fourth-order valence-electron chi connectivity index (χ4n) is 3.67. The Labute approximate surface area is 167 Å². The Morgan fingerprint density at radius 1 is 1.07 bits per heavy atom. The van der Waals surface area contributed by atoms with Crippen molar-refractivity contribution in [2.24, 2.45) is 5.73 Å². The van der Waals surface area contributed by atoms with Gasteiger partial charge in [-0.25, -0.2) is 4.79 Å². The van der Waals surface area contributed by atoms with Gasteiger partial charge in [0, 0.05) is 5.56 Å². The number of nitrogens with two attached hydrogens (primary N) is 1. The first-order valence-electron chi connectivity index (χ1n) is 9.03. The summed E-state index contributed by atoms with van der Waals surface area (Å²) in [7, 11) is 0. The fraction of sp³-hybridized carbons (Fsp3) is 0.238. The van der Waals surface area contributed by atoms with E-state index in [0.717, 1.165) is 21.6 Å². The highest BCUT2D eigenvalue weighted by Gasteiger charge is 2.36. The smallest absolute Gasteiger partial charge is 0.404 e. The lowest BCUT2D eigenvalue weighted by atomic mass is 9.93. The van der Waals surface area contributed by atoms with E-state index in [1.54, 1.807) is 50.2 Å². The summed E-state index contributed by atoms with van der Waals surface area (Å²) in [6.45, 7) is 3.50. The quantitative estimate of drug-likeness (QED) is 0.643. The molecule has 3 rings (SSSR count). The van der Waals surface area contributed by atoms with Crippen LogP contribution in [0.2, 0.25) is 0 Å². The normalized spacial score (nSPS) is 13.9. The van der Waals surface area contributed by atoms with Crippen molar-refractivity contribution in [1.29, 1.82) is 0 Å². The molecule has 4 N–H and O–H groups in total. The molecule has 4 amide bonds. The number of amides is 4. The maximum atomic E-state index is 12.6. The van der Waals surface area contributed by atoms with Crippen molar-refractivity contribution >= 4 is 23.8 Å². The molecule has 1 aliphatic rings. The summed E-state index contributed by atoms with van der Waals surface area (Å²) >= 11 is 0. The lowest BCUT2D eigenvalue weighted by molar-refractivity contribution is 0.0635. The third kappa shape index (κ3) is 3.96. The third-order valence-corrected chi connectivity index (χ3v) is 5.04. The number of imide groups is 1. The van der Waals surface area contributed by atoms with Gasteiger partial charge in [-0.3, -0.25) is 19.3 Å². The molecule has 0 saturated heterocycles. The number of carbonyl (C=O) groups excluding carboxylic acids is 3. The summed E-state index contributed by atoms with van der Waals surface area (Å²) in [5, 5.41) is 11.6. The Balaban J connectivity index is 1.87. The van der Waals surface area contributed by atoms with Crippen LogP contribution in [0.1, 0.15) is 47.8 Å². The Kier molecular flexibility index (Phi) is 5.36. The minimum atomic E-state index is -1.25. The number of benzene rings is 2. The van der Waals surface area contributed by atoms with Gasteiger partial charge < -0.3 is 16.2 Å². The summed E-state index contributed by atoms with van der Waals surface area (Å²) in [5.74, 6) is -1.44. The fourth-order valence-corrected chi connectivity index (χ4v) is 3.67. The van der Waals surface area contributed by atoms with Gasteiger partial charge in [-0.1, -0.05) is 12.1 Å². The van der Waals surface area contributed by atoms with E-state index in [1.165, 1.54) is 0 Å². The summed E-state index contributed by atoms with van der Waals surface area (Å²) in [5.41, 5.74) is 8.70. The van der Waals surface area contributed by atoms with E-state index in [-0.39, 0.29) is 13.0 Å². The predicted molar refractivity (Wildman–Crippen MR) is 105 cm³/mol. The molecule has 8 heteroatoms. The Bertz CT molecular complexity index is 973. The molecule has 150 valence electrons. The van der Waals surface area contributed by atoms with Gasteiger partial charge in [-0.15, -0.1) is 0 Å². The van der Waals surface area contributed by atoms with Gasteiger partial charge in [-0.05, 0) is 61.2 Å². The molecule has 1 unspecified atom stereocenters. The van der Waals surface area contributed by atoms with E-state index in [0.29, 0.717) is 16.7 Å². The molecule has 0 aliphatic carbocycles. The number of carboxylic acid groups (broad SMARTS) is 1. The van der Waals surface area contributed by atoms with E-state index in [2.05, 4.69) is 5.32 Å². The predicted octanol–water partition coefficient (Wildman–Crippen LogP) is 1.88. The van der Waals surface area contributed by atoms with Crippen molar-refractivity contribution in [3.05, 3.63) is 69.8 Å². The number of aryl methyl sites for hydroxylation is 2. The minimum absolute atomic E-state index is 0.102. The number of nitrogens with zero attached hydrogens (tertiary/aromatic N) is 1. The molecule has 1 atom stereocenters. The average Bonchev–Trinajstić information content (AvgIpc) is 2.89. The number of primary amides is 1. The number of nitrogens with one attached hydrogen (secondary N) is 1. The highest BCUT2D eigenvalue weighted by molar-refractivity contribution is 6.21. The van der Waals surface area contributed by atoms with Gasteiger partial charge >= 0.3 is 6.09 Å². The Morgan fingerprint density at radius 3 is 2.03 bits per heavy atom. The number of rotatable bonds is 6. The Morgan fingerprint density at radius 2 is 1.59 bits per heavy atom. The van der Waals surface area contributed by atoms with Gasteiger partial charge in [0.25, 0.3) is 11.8 Å². The lowest BCUT2D eigenvalue weighted by Crippen LogP contribution is -2.46. The molecule has 0 spiro atoms. The summed E-state index contributed by atoms with van der Waals surface area (Å²) < 4.78 is 0. The van der Waals surface area contributed by atoms with Gasteiger partial charge in [0.15, 0.2) is 0 Å². The number of hydrogen-bond acceptors (Lipinski definition) is 4. The third-order valence-electron chi connectivity index (χ3n) is 5.04. The number of fused-ring (bicyclic) bond motifs is 1. The van der Waals surface area contributed by atoms with Gasteiger partial charge in [-0.2, -0.15) is 0 Å². The molecule has 8 nitrogen and oxygen atoms in total. The second-order valence-electron chi connectivity index (χ2n) is 7.07. The van der Waals surface area contributed by atoms with Crippen LogP contribution in [-0.4, -0.2) is 46.4 Å². The monoisotopic (exact) mass is 395 g/mol. The summed E-state index contributed by atoms with van der Waals surface area (Å²) in [6.07, 6.45) is -1.01.